The van der Waals surface area contributed by atoms with Crippen molar-refractivity contribution in [1.82, 2.24) is 19.7 Å². The summed E-state index contributed by atoms with van der Waals surface area (Å²) in [6.07, 6.45) is 3.41. The Hall–Kier alpha value is -3.42. The molecule has 134 valence electrons. The lowest BCUT2D eigenvalue weighted by Crippen LogP contribution is -2.23. The van der Waals surface area contributed by atoms with Gasteiger partial charge in [-0.15, -0.1) is 0 Å². The molecule has 0 unspecified atom stereocenters. The van der Waals surface area contributed by atoms with E-state index in [9.17, 15) is 14.4 Å². The van der Waals surface area contributed by atoms with Gasteiger partial charge in [0.15, 0.2) is 0 Å². The van der Waals surface area contributed by atoms with Gasteiger partial charge in [-0.1, -0.05) is 12.1 Å². The SMILES string of the molecule is COC(=O)c1cn(-c2cccc(CC(=O)N(C)C)c2)cc2c(=O)[nH]nc1-2. The van der Waals surface area contributed by atoms with E-state index >= 15 is 0 Å². The standard InChI is InChI=1S/C18H18N4O4/c1-21(2)15(23)8-11-5-4-6-12(7-11)22-9-13-16(19-20-17(13)24)14(10-22)18(25)26-3/h4-7,9-10H,8H2,1-3H3,(H,20,24). The lowest BCUT2D eigenvalue weighted by atomic mass is 10.1. The van der Waals surface area contributed by atoms with E-state index in [0.717, 1.165) is 5.56 Å². The number of carbonyl (C=O) groups excluding carboxylic acids is 2. The molecule has 8 heteroatoms. The average molecular weight is 354 g/mol. The van der Waals surface area contributed by atoms with E-state index in [4.69, 9.17) is 4.74 Å². The zero-order valence-electron chi connectivity index (χ0n) is 14.6. The second kappa shape index (κ2) is 6.83. The molecule has 8 nitrogen and oxygen atoms in total. The minimum atomic E-state index is -0.588. The number of pyridine rings is 1. The molecule has 0 saturated heterocycles. The molecule has 0 aliphatic carbocycles. The number of fused-ring (bicyclic) bond motifs is 1. The van der Waals surface area contributed by atoms with Gasteiger partial charge in [0.2, 0.25) is 5.91 Å². The third-order valence-electron chi connectivity index (χ3n) is 4.03. The van der Waals surface area contributed by atoms with Gasteiger partial charge in [-0.05, 0) is 17.7 Å². The Labute approximate surface area is 149 Å². The van der Waals surface area contributed by atoms with Crippen molar-refractivity contribution in [2.45, 2.75) is 6.42 Å². The number of nitrogens with zero attached hydrogens (tertiary/aromatic N) is 3. The number of nitrogens with one attached hydrogen (secondary N) is 1. The molecule has 1 amide bonds. The van der Waals surface area contributed by atoms with Crippen molar-refractivity contribution in [3.8, 4) is 16.9 Å². The Balaban J connectivity index is 2.09. The van der Waals surface area contributed by atoms with E-state index in [1.807, 2.05) is 24.3 Å². The number of aromatic amines is 1. The summed E-state index contributed by atoms with van der Waals surface area (Å²) in [4.78, 5) is 37.5. The highest BCUT2D eigenvalue weighted by molar-refractivity contribution is 5.96. The molecule has 2 heterocycles. The van der Waals surface area contributed by atoms with E-state index < -0.39 is 11.5 Å². The molecule has 0 fully saturated rings. The van der Waals surface area contributed by atoms with Crippen LogP contribution in [0.25, 0.3) is 16.9 Å². The number of amides is 1. The Kier molecular flexibility index (Phi) is 4.57. The molecule has 0 bridgehead atoms. The van der Waals surface area contributed by atoms with Gasteiger partial charge in [0.05, 0.1) is 19.1 Å². The second-order valence-corrected chi connectivity index (χ2v) is 6.02. The number of hydrogen-bond donors (Lipinski definition) is 1. The van der Waals surface area contributed by atoms with Gasteiger partial charge >= 0.3 is 5.97 Å². The summed E-state index contributed by atoms with van der Waals surface area (Å²) < 4.78 is 6.44. The molecular formula is C18H18N4O4. The Morgan fingerprint density at radius 3 is 2.73 bits per heavy atom. The summed E-state index contributed by atoms with van der Waals surface area (Å²) in [7, 11) is 4.67. The van der Waals surface area contributed by atoms with Crippen LogP contribution in [0.5, 0.6) is 0 Å². The van der Waals surface area contributed by atoms with Crippen LogP contribution in [-0.4, -0.2) is 52.7 Å². The molecule has 3 rings (SSSR count). The van der Waals surface area contributed by atoms with Crippen LogP contribution < -0.4 is 5.56 Å². The number of H-pyrrole nitrogens is 1. The first kappa shape index (κ1) is 17.4. The number of rotatable bonds is 4. The maximum Gasteiger partial charge on any atom is 0.341 e. The van der Waals surface area contributed by atoms with Crippen LogP contribution in [0.4, 0.5) is 0 Å². The smallest absolute Gasteiger partial charge is 0.341 e. The fourth-order valence-electron chi connectivity index (χ4n) is 2.60. The normalized spacial score (nSPS) is 10.7. The highest BCUT2D eigenvalue weighted by Gasteiger charge is 2.22. The summed E-state index contributed by atoms with van der Waals surface area (Å²) in [6, 6.07) is 7.32. The van der Waals surface area contributed by atoms with E-state index in [2.05, 4.69) is 10.2 Å². The fraction of sp³-hybridized carbons (Fsp3) is 0.222. The first-order valence-corrected chi connectivity index (χ1v) is 7.89. The number of methoxy groups -OCH3 is 1. The van der Waals surface area contributed by atoms with Crippen LogP contribution in [0.3, 0.4) is 0 Å². The molecule has 1 aromatic rings. The largest absolute Gasteiger partial charge is 0.465 e. The van der Waals surface area contributed by atoms with Gasteiger partial charge in [-0.3, -0.25) is 9.59 Å². The van der Waals surface area contributed by atoms with Crippen LogP contribution in [0.15, 0.2) is 41.5 Å². The van der Waals surface area contributed by atoms with E-state index in [-0.39, 0.29) is 29.1 Å². The molecule has 0 saturated carbocycles. The molecule has 26 heavy (non-hydrogen) atoms. The van der Waals surface area contributed by atoms with Gasteiger partial charge in [-0.25, -0.2) is 9.89 Å². The van der Waals surface area contributed by atoms with Crippen molar-refractivity contribution >= 4 is 11.9 Å². The topological polar surface area (TPSA) is 97.3 Å². The molecule has 2 aliphatic heterocycles. The van der Waals surface area contributed by atoms with Crippen molar-refractivity contribution in [2.75, 3.05) is 21.2 Å². The third kappa shape index (κ3) is 3.21. The molecule has 1 N–H and O–H groups in total. The number of hydrogen-bond acceptors (Lipinski definition) is 5. The number of likely N-dealkylation sites (N-methyl/N-ethyl adjacent to an activating group) is 1. The van der Waals surface area contributed by atoms with Gasteiger partial charge in [0.1, 0.15) is 11.3 Å². The van der Waals surface area contributed by atoms with Crippen molar-refractivity contribution < 1.29 is 14.3 Å². The number of esters is 1. The van der Waals surface area contributed by atoms with Crippen LogP contribution in [0.1, 0.15) is 15.9 Å². The lowest BCUT2D eigenvalue weighted by molar-refractivity contribution is -0.127. The molecule has 2 aliphatic rings. The summed E-state index contributed by atoms with van der Waals surface area (Å²) >= 11 is 0. The number of aromatic nitrogens is 3. The molecule has 0 spiro atoms. The molecule has 0 aromatic heterocycles. The monoisotopic (exact) mass is 354 g/mol. The van der Waals surface area contributed by atoms with Crippen molar-refractivity contribution in [1.29, 1.82) is 0 Å². The Bertz CT molecular complexity index is 1000. The summed E-state index contributed by atoms with van der Waals surface area (Å²) in [6.45, 7) is 0. The Morgan fingerprint density at radius 1 is 1.27 bits per heavy atom. The quantitative estimate of drug-likeness (QED) is 0.707. The summed E-state index contributed by atoms with van der Waals surface area (Å²) in [5.41, 5.74) is 1.86. The molecule has 0 atom stereocenters. The van der Waals surface area contributed by atoms with Crippen LogP contribution in [-0.2, 0) is 16.0 Å². The van der Waals surface area contributed by atoms with Gasteiger partial charge in [0.25, 0.3) is 5.56 Å². The molecule has 1 aromatic carbocycles. The van der Waals surface area contributed by atoms with Crippen LogP contribution in [0, 0.1) is 0 Å². The highest BCUT2D eigenvalue weighted by Crippen LogP contribution is 2.23. The average Bonchev–Trinajstić information content (AvgIpc) is 3.01. The first-order valence-electron chi connectivity index (χ1n) is 7.89. The van der Waals surface area contributed by atoms with Gasteiger partial charge < -0.3 is 14.2 Å². The lowest BCUT2D eigenvalue weighted by Gasteiger charge is -2.14. The van der Waals surface area contributed by atoms with Gasteiger partial charge in [0, 0.05) is 32.2 Å². The Morgan fingerprint density at radius 2 is 2.04 bits per heavy atom. The molecule has 0 radical (unpaired) electrons. The third-order valence-corrected chi connectivity index (χ3v) is 4.03. The summed E-state index contributed by atoms with van der Waals surface area (Å²) in [5.74, 6) is -0.607. The van der Waals surface area contributed by atoms with Crippen LogP contribution in [0.2, 0.25) is 0 Å². The van der Waals surface area contributed by atoms with E-state index in [0.29, 0.717) is 5.69 Å². The second-order valence-electron chi connectivity index (χ2n) is 6.02. The predicted molar refractivity (Wildman–Crippen MR) is 94.5 cm³/mol. The number of benzene rings is 1. The molecular weight excluding hydrogens is 336 g/mol. The van der Waals surface area contributed by atoms with Crippen molar-refractivity contribution in [3.63, 3.8) is 0 Å². The summed E-state index contributed by atoms with van der Waals surface area (Å²) in [5, 5.41) is 6.24. The van der Waals surface area contributed by atoms with Crippen LogP contribution >= 0.6 is 0 Å². The fourth-order valence-corrected chi connectivity index (χ4v) is 2.60. The zero-order chi connectivity index (χ0) is 18.8. The van der Waals surface area contributed by atoms with E-state index in [1.165, 1.54) is 12.0 Å². The maximum absolute atomic E-state index is 12.1. The van der Waals surface area contributed by atoms with E-state index in [1.54, 1.807) is 31.1 Å². The number of carbonyl (C=O) groups is 2. The van der Waals surface area contributed by atoms with Gasteiger partial charge in [-0.2, -0.15) is 5.10 Å². The van der Waals surface area contributed by atoms with Crippen molar-refractivity contribution in [2.24, 2.45) is 0 Å². The van der Waals surface area contributed by atoms with Crippen molar-refractivity contribution in [3.05, 3.63) is 58.1 Å². The maximum atomic E-state index is 12.1. The minimum absolute atomic E-state index is 0.0190. The minimum Gasteiger partial charge on any atom is -0.465 e. The predicted octanol–water partition coefficient (Wildman–Crippen LogP) is 1.08. The number of ether oxygens (including phenoxy) is 1. The zero-order valence-corrected chi connectivity index (χ0v) is 14.6. The first-order chi connectivity index (χ1) is 12.4. The highest BCUT2D eigenvalue weighted by atomic mass is 16.5.